The third kappa shape index (κ3) is 5.71. The van der Waals surface area contributed by atoms with Gasteiger partial charge in [0, 0.05) is 35.6 Å². The third-order valence-electron chi connectivity index (χ3n) is 4.14. The third-order valence-corrected chi connectivity index (χ3v) is 4.14. The Kier molecular flexibility index (Phi) is 6.83. The summed E-state index contributed by atoms with van der Waals surface area (Å²) in [6, 6.07) is 9.53. The Morgan fingerprint density at radius 2 is 1.04 bits per heavy atom. The van der Waals surface area contributed by atoms with Crippen LogP contribution < -0.4 is 22.9 Å². The summed E-state index contributed by atoms with van der Waals surface area (Å²) in [7, 11) is 0. The minimum atomic E-state index is -1.74. The van der Waals surface area contributed by atoms with Crippen molar-refractivity contribution in [1.29, 1.82) is 0 Å². The SMILES string of the molecule is Nc1ccc(CC(O)C(O)OC(O)C(O)Cc2ccc(N)cc2N)c(N)c1. The first kappa shape index (κ1) is 20.7. The van der Waals surface area contributed by atoms with Crippen molar-refractivity contribution in [1.82, 2.24) is 0 Å². The van der Waals surface area contributed by atoms with Crippen LogP contribution in [0, 0.1) is 0 Å². The molecule has 4 atom stereocenters. The van der Waals surface area contributed by atoms with Gasteiger partial charge in [-0.15, -0.1) is 0 Å². The molecule has 2 aromatic rings. The van der Waals surface area contributed by atoms with Crippen LogP contribution in [-0.2, 0) is 17.6 Å². The molecule has 0 aliphatic heterocycles. The van der Waals surface area contributed by atoms with E-state index in [9.17, 15) is 20.4 Å². The summed E-state index contributed by atoms with van der Waals surface area (Å²) in [5.41, 5.74) is 25.6. The molecule has 12 N–H and O–H groups in total. The van der Waals surface area contributed by atoms with E-state index in [2.05, 4.69) is 0 Å². The van der Waals surface area contributed by atoms with Gasteiger partial charge in [-0.05, 0) is 35.4 Å². The van der Waals surface area contributed by atoms with E-state index < -0.39 is 24.8 Å². The van der Waals surface area contributed by atoms with Crippen LogP contribution in [0.1, 0.15) is 11.1 Å². The molecule has 9 nitrogen and oxygen atoms in total. The number of ether oxygens (including phenoxy) is 1. The summed E-state index contributed by atoms with van der Waals surface area (Å²) in [5.74, 6) is 0. The van der Waals surface area contributed by atoms with Crippen LogP contribution in [0.15, 0.2) is 36.4 Å². The molecule has 0 saturated carbocycles. The molecule has 0 heterocycles. The molecule has 0 fully saturated rings. The van der Waals surface area contributed by atoms with Gasteiger partial charge in [-0.3, -0.25) is 0 Å². The summed E-state index contributed by atoms with van der Waals surface area (Å²) in [5, 5.41) is 40.0. The van der Waals surface area contributed by atoms with Crippen molar-refractivity contribution in [3.05, 3.63) is 47.5 Å². The fourth-order valence-corrected chi connectivity index (χ4v) is 2.58. The quantitative estimate of drug-likeness (QED) is 0.214. The lowest BCUT2D eigenvalue weighted by Gasteiger charge is -2.25. The van der Waals surface area contributed by atoms with E-state index in [0.717, 1.165) is 0 Å². The second-order valence-corrected chi connectivity index (χ2v) is 6.38. The van der Waals surface area contributed by atoms with E-state index in [4.69, 9.17) is 27.7 Å². The zero-order chi connectivity index (χ0) is 20.1. The van der Waals surface area contributed by atoms with Gasteiger partial charge in [0.1, 0.15) is 12.2 Å². The molecular formula is C18H26N4O5. The van der Waals surface area contributed by atoms with Crippen molar-refractivity contribution < 1.29 is 25.2 Å². The monoisotopic (exact) mass is 378 g/mol. The highest BCUT2D eigenvalue weighted by Crippen LogP contribution is 2.21. The minimum Gasteiger partial charge on any atom is -0.399 e. The van der Waals surface area contributed by atoms with Crippen LogP contribution in [0.25, 0.3) is 0 Å². The average molecular weight is 378 g/mol. The van der Waals surface area contributed by atoms with Gasteiger partial charge in [-0.2, -0.15) is 0 Å². The number of anilines is 4. The lowest BCUT2D eigenvalue weighted by Crippen LogP contribution is -2.40. The lowest BCUT2D eigenvalue weighted by atomic mass is 10.0. The maximum absolute atomic E-state index is 10.1. The Balaban J connectivity index is 1.91. The highest BCUT2D eigenvalue weighted by molar-refractivity contribution is 5.57. The zero-order valence-electron chi connectivity index (χ0n) is 14.7. The minimum absolute atomic E-state index is 0.0268. The van der Waals surface area contributed by atoms with E-state index in [0.29, 0.717) is 33.9 Å². The smallest absolute Gasteiger partial charge is 0.184 e. The molecule has 0 bridgehead atoms. The number of rotatable bonds is 8. The molecule has 27 heavy (non-hydrogen) atoms. The molecule has 0 aromatic heterocycles. The van der Waals surface area contributed by atoms with Crippen LogP contribution >= 0.6 is 0 Å². The normalized spacial score (nSPS) is 15.9. The maximum Gasteiger partial charge on any atom is 0.184 e. The molecular weight excluding hydrogens is 352 g/mol. The van der Waals surface area contributed by atoms with Gasteiger partial charge in [0.25, 0.3) is 0 Å². The lowest BCUT2D eigenvalue weighted by molar-refractivity contribution is -0.265. The average Bonchev–Trinajstić information content (AvgIpc) is 2.59. The predicted molar refractivity (Wildman–Crippen MR) is 103 cm³/mol. The topological polar surface area (TPSA) is 194 Å². The van der Waals surface area contributed by atoms with Crippen molar-refractivity contribution in [2.75, 3.05) is 22.9 Å². The predicted octanol–water partition coefficient (Wildman–Crippen LogP) is -0.824. The molecule has 4 unspecified atom stereocenters. The Bertz CT molecular complexity index is 710. The molecule has 148 valence electrons. The first-order chi connectivity index (χ1) is 12.7. The Hall–Kier alpha value is -2.56. The first-order valence-corrected chi connectivity index (χ1v) is 8.33. The number of hydrogen-bond acceptors (Lipinski definition) is 9. The molecule has 0 radical (unpaired) electrons. The standard InChI is InChI=1S/C18H26N4O5/c19-11-3-1-9(13(21)7-11)5-15(23)17(25)27-18(26)16(24)6-10-2-4-12(20)8-14(10)22/h1-4,7-8,15-18,23-26H,5-6,19-22H2. The molecule has 0 aliphatic rings. The van der Waals surface area contributed by atoms with Gasteiger partial charge < -0.3 is 48.1 Å². The number of nitrogens with two attached hydrogens (primary N) is 4. The first-order valence-electron chi connectivity index (χ1n) is 8.33. The highest BCUT2D eigenvalue weighted by Gasteiger charge is 2.26. The fourth-order valence-electron chi connectivity index (χ4n) is 2.58. The van der Waals surface area contributed by atoms with Crippen LogP contribution in [-0.4, -0.2) is 45.2 Å². The Morgan fingerprint density at radius 1 is 0.667 bits per heavy atom. The van der Waals surface area contributed by atoms with Crippen LogP contribution in [0.5, 0.6) is 0 Å². The Labute approximate surface area is 156 Å². The maximum atomic E-state index is 10.1. The van der Waals surface area contributed by atoms with Crippen molar-refractivity contribution in [2.24, 2.45) is 0 Å². The number of nitrogen functional groups attached to an aromatic ring is 4. The van der Waals surface area contributed by atoms with Gasteiger partial charge in [0.05, 0.1) is 0 Å². The summed E-state index contributed by atoms with van der Waals surface area (Å²) in [6.07, 6.45) is -6.29. The number of aliphatic hydroxyl groups is 4. The Morgan fingerprint density at radius 3 is 1.37 bits per heavy atom. The van der Waals surface area contributed by atoms with E-state index in [-0.39, 0.29) is 12.8 Å². The largest absolute Gasteiger partial charge is 0.399 e. The summed E-state index contributed by atoms with van der Waals surface area (Å²) in [6.45, 7) is 0. The van der Waals surface area contributed by atoms with Gasteiger partial charge in [-0.25, -0.2) is 0 Å². The van der Waals surface area contributed by atoms with Gasteiger partial charge >= 0.3 is 0 Å². The van der Waals surface area contributed by atoms with E-state index >= 15 is 0 Å². The number of aliphatic hydroxyl groups excluding tert-OH is 4. The molecule has 2 aromatic carbocycles. The van der Waals surface area contributed by atoms with Crippen molar-refractivity contribution >= 4 is 22.7 Å². The second kappa shape index (κ2) is 8.89. The van der Waals surface area contributed by atoms with Gasteiger partial charge in [-0.1, -0.05) is 12.1 Å². The van der Waals surface area contributed by atoms with Crippen molar-refractivity contribution in [3.8, 4) is 0 Å². The summed E-state index contributed by atoms with van der Waals surface area (Å²) in [4.78, 5) is 0. The molecule has 0 aliphatic carbocycles. The number of hydrogen-bond donors (Lipinski definition) is 8. The van der Waals surface area contributed by atoms with Crippen LogP contribution in [0.2, 0.25) is 0 Å². The number of benzene rings is 2. The van der Waals surface area contributed by atoms with Crippen molar-refractivity contribution in [3.63, 3.8) is 0 Å². The highest BCUT2D eigenvalue weighted by atomic mass is 16.7. The van der Waals surface area contributed by atoms with E-state index in [1.807, 2.05) is 0 Å². The molecule has 0 saturated heterocycles. The molecule has 0 amide bonds. The van der Waals surface area contributed by atoms with Crippen LogP contribution in [0.3, 0.4) is 0 Å². The van der Waals surface area contributed by atoms with E-state index in [1.165, 1.54) is 12.1 Å². The summed E-state index contributed by atoms with van der Waals surface area (Å²) < 4.78 is 4.93. The van der Waals surface area contributed by atoms with Crippen molar-refractivity contribution in [2.45, 2.75) is 37.6 Å². The van der Waals surface area contributed by atoms with Crippen LogP contribution in [0.4, 0.5) is 22.7 Å². The molecule has 9 heteroatoms. The fraction of sp³-hybridized carbons (Fsp3) is 0.333. The zero-order valence-corrected chi connectivity index (χ0v) is 14.7. The molecule has 2 rings (SSSR count). The summed E-state index contributed by atoms with van der Waals surface area (Å²) >= 11 is 0. The van der Waals surface area contributed by atoms with Gasteiger partial charge in [0.2, 0.25) is 0 Å². The van der Waals surface area contributed by atoms with Gasteiger partial charge in [0.15, 0.2) is 12.6 Å². The second-order valence-electron chi connectivity index (χ2n) is 6.38. The molecule has 0 spiro atoms. The van der Waals surface area contributed by atoms with E-state index in [1.54, 1.807) is 24.3 Å².